The number of hydrogen-bond acceptors (Lipinski definition) is 2. The van der Waals surface area contributed by atoms with Crippen molar-refractivity contribution in [3.63, 3.8) is 0 Å². The van der Waals surface area contributed by atoms with Gasteiger partial charge in [0.15, 0.2) is 0 Å². The fourth-order valence-corrected chi connectivity index (χ4v) is 2.73. The Balaban J connectivity index is 1.86. The van der Waals surface area contributed by atoms with Gasteiger partial charge < -0.3 is 9.47 Å². The summed E-state index contributed by atoms with van der Waals surface area (Å²) in [5, 5.41) is 0. The molecule has 1 aromatic rings. The standard InChI is InChI=1S/C14H23N3O/c1-3-8-17-9-7-12(14(17)18)5-6-13-10-15-11-16(13)4-2/h10-12H,3-9H2,1-2H3/t12-/m0/s1. The maximum atomic E-state index is 12.1. The molecule has 4 nitrogen and oxygen atoms in total. The largest absolute Gasteiger partial charge is 0.342 e. The SMILES string of the molecule is CCCN1CC[C@H](CCc2cncn2CC)C1=O. The fraction of sp³-hybridized carbons (Fsp3) is 0.714. The Bertz CT molecular complexity index is 399. The summed E-state index contributed by atoms with van der Waals surface area (Å²) in [6.45, 7) is 7.07. The van der Waals surface area contributed by atoms with Gasteiger partial charge in [-0.15, -0.1) is 0 Å². The minimum atomic E-state index is 0.233. The average molecular weight is 249 g/mol. The lowest BCUT2D eigenvalue weighted by Crippen LogP contribution is -2.28. The van der Waals surface area contributed by atoms with Crippen molar-refractivity contribution in [1.29, 1.82) is 0 Å². The zero-order valence-electron chi connectivity index (χ0n) is 11.4. The number of hydrogen-bond donors (Lipinski definition) is 0. The highest BCUT2D eigenvalue weighted by molar-refractivity contribution is 5.80. The number of imidazole rings is 1. The van der Waals surface area contributed by atoms with Crippen LogP contribution >= 0.6 is 0 Å². The summed E-state index contributed by atoms with van der Waals surface area (Å²) in [6.07, 6.45) is 7.80. The van der Waals surface area contributed by atoms with Crippen LogP contribution in [-0.2, 0) is 17.8 Å². The van der Waals surface area contributed by atoms with Crippen molar-refractivity contribution in [2.75, 3.05) is 13.1 Å². The molecule has 4 heteroatoms. The number of aryl methyl sites for hydroxylation is 2. The van der Waals surface area contributed by atoms with Crippen molar-refractivity contribution in [1.82, 2.24) is 14.5 Å². The highest BCUT2D eigenvalue weighted by Gasteiger charge is 2.30. The predicted octanol–water partition coefficient (Wildman–Crippen LogP) is 2.09. The Morgan fingerprint density at radius 1 is 1.44 bits per heavy atom. The summed E-state index contributed by atoms with van der Waals surface area (Å²) in [6, 6.07) is 0. The van der Waals surface area contributed by atoms with Crippen LogP contribution in [0.25, 0.3) is 0 Å². The van der Waals surface area contributed by atoms with Gasteiger partial charge >= 0.3 is 0 Å². The number of aromatic nitrogens is 2. The van der Waals surface area contributed by atoms with Gasteiger partial charge in [0, 0.05) is 37.4 Å². The van der Waals surface area contributed by atoms with E-state index in [9.17, 15) is 4.79 Å². The Morgan fingerprint density at radius 2 is 2.28 bits per heavy atom. The van der Waals surface area contributed by atoms with E-state index in [0.29, 0.717) is 5.91 Å². The molecule has 0 N–H and O–H groups in total. The molecule has 1 aromatic heterocycles. The van der Waals surface area contributed by atoms with Crippen molar-refractivity contribution in [2.45, 2.75) is 46.1 Å². The predicted molar refractivity (Wildman–Crippen MR) is 71.2 cm³/mol. The van der Waals surface area contributed by atoms with Crippen molar-refractivity contribution in [3.05, 3.63) is 18.2 Å². The van der Waals surface area contributed by atoms with E-state index in [1.165, 1.54) is 5.69 Å². The summed E-state index contributed by atoms with van der Waals surface area (Å²) in [7, 11) is 0. The van der Waals surface area contributed by atoms with Crippen LogP contribution in [0.5, 0.6) is 0 Å². The molecule has 1 atom stereocenters. The molecular formula is C14H23N3O. The third kappa shape index (κ3) is 2.74. The molecule has 1 amide bonds. The summed E-state index contributed by atoms with van der Waals surface area (Å²) in [5.41, 5.74) is 1.25. The first-order valence-electron chi connectivity index (χ1n) is 7.04. The first-order valence-corrected chi connectivity index (χ1v) is 7.04. The van der Waals surface area contributed by atoms with Crippen LogP contribution in [0.4, 0.5) is 0 Å². The van der Waals surface area contributed by atoms with Crippen molar-refractivity contribution >= 4 is 5.91 Å². The molecule has 0 aromatic carbocycles. The minimum Gasteiger partial charge on any atom is -0.342 e. The van der Waals surface area contributed by atoms with Crippen LogP contribution in [0.1, 0.15) is 38.8 Å². The third-order valence-corrected chi connectivity index (χ3v) is 3.79. The monoisotopic (exact) mass is 249 g/mol. The van der Waals surface area contributed by atoms with E-state index in [2.05, 4.69) is 23.4 Å². The minimum absolute atomic E-state index is 0.233. The molecule has 0 radical (unpaired) electrons. The quantitative estimate of drug-likeness (QED) is 0.774. The van der Waals surface area contributed by atoms with Gasteiger partial charge in [-0.25, -0.2) is 4.98 Å². The van der Waals surface area contributed by atoms with E-state index in [1.807, 2.05) is 17.4 Å². The third-order valence-electron chi connectivity index (χ3n) is 3.79. The van der Waals surface area contributed by atoms with Crippen molar-refractivity contribution < 1.29 is 4.79 Å². The van der Waals surface area contributed by atoms with E-state index in [1.54, 1.807) is 0 Å². The first kappa shape index (κ1) is 13.1. The van der Waals surface area contributed by atoms with Crippen LogP contribution in [0.3, 0.4) is 0 Å². The van der Waals surface area contributed by atoms with Crippen LogP contribution in [-0.4, -0.2) is 33.4 Å². The first-order chi connectivity index (χ1) is 8.76. The number of carbonyl (C=O) groups excluding carboxylic acids is 1. The van der Waals surface area contributed by atoms with Crippen LogP contribution in [0.2, 0.25) is 0 Å². The van der Waals surface area contributed by atoms with Crippen LogP contribution < -0.4 is 0 Å². The Hall–Kier alpha value is -1.32. The van der Waals surface area contributed by atoms with E-state index in [-0.39, 0.29) is 5.92 Å². The summed E-state index contributed by atoms with van der Waals surface area (Å²) in [4.78, 5) is 18.3. The second kappa shape index (κ2) is 6.03. The molecule has 0 bridgehead atoms. The van der Waals surface area contributed by atoms with Gasteiger partial charge in [0.25, 0.3) is 0 Å². The molecule has 2 heterocycles. The number of rotatable bonds is 6. The Labute approximate surface area is 109 Å². The molecule has 18 heavy (non-hydrogen) atoms. The molecule has 1 aliphatic rings. The Kier molecular flexibility index (Phi) is 4.39. The number of amides is 1. The molecule has 2 rings (SSSR count). The summed E-state index contributed by atoms with van der Waals surface area (Å²) >= 11 is 0. The molecule has 0 aliphatic carbocycles. The lowest BCUT2D eigenvalue weighted by Gasteiger charge is -2.15. The number of carbonyl (C=O) groups is 1. The van der Waals surface area contributed by atoms with Crippen molar-refractivity contribution in [2.24, 2.45) is 5.92 Å². The maximum absolute atomic E-state index is 12.1. The molecule has 1 fully saturated rings. The van der Waals surface area contributed by atoms with Gasteiger partial charge in [-0.05, 0) is 32.6 Å². The topological polar surface area (TPSA) is 38.1 Å². The second-order valence-electron chi connectivity index (χ2n) is 5.02. The van der Waals surface area contributed by atoms with E-state index in [4.69, 9.17) is 0 Å². The van der Waals surface area contributed by atoms with E-state index >= 15 is 0 Å². The fourth-order valence-electron chi connectivity index (χ4n) is 2.73. The van der Waals surface area contributed by atoms with E-state index < -0.39 is 0 Å². The zero-order valence-corrected chi connectivity index (χ0v) is 11.4. The maximum Gasteiger partial charge on any atom is 0.225 e. The lowest BCUT2D eigenvalue weighted by atomic mass is 10.0. The molecule has 0 unspecified atom stereocenters. The van der Waals surface area contributed by atoms with Gasteiger partial charge in [-0.2, -0.15) is 0 Å². The Morgan fingerprint density at radius 3 is 3.00 bits per heavy atom. The molecule has 100 valence electrons. The molecular weight excluding hydrogens is 226 g/mol. The number of nitrogens with zero attached hydrogens (tertiary/aromatic N) is 3. The summed E-state index contributed by atoms with van der Waals surface area (Å²) < 4.78 is 2.16. The van der Waals surface area contributed by atoms with Gasteiger partial charge in [0.2, 0.25) is 5.91 Å². The highest BCUT2D eigenvalue weighted by atomic mass is 16.2. The molecule has 1 aliphatic heterocycles. The van der Waals surface area contributed by atoms with Gasteiger partial charge in [0.1, 0.15) is 0 Å². The zero-order chi connectivity index (χ0) is 13.0. The molecule has 0 spiro atoms. The van der Waals surface area contributed by atoms with Gasteiger partial charge in [-0.3, -0.25) is 4.79 Å². The number of likely N-dealkylation sites (tertiary alicyclic amines) is 1. The average Bonchev–Trinajstić information content (AvgIpc) is 2.96. The van der Waals surface area contributed by atoms with E-state index in [0.717, 1.165) is 45.3 Å². The smallest absolute Gasteiger partial charge is 0.225 e. The van der Waals surface area contributed by atoms with Gasteiger partial charge in [-0.1, -0.05) is 6.92 Å². The molecule has 0 saturated carbocycles. The van der Waals surface area contributed by atoms with Crippen LogP contribution in [0.15, 0.2) is 12.5 Å². The lowest BCUT2D eigenvalue weighted by molar-refractivity contribution is -0.131. The van der Waals surface area contributed by atoms with Crippen molar-refractivity contribution in [3.8, 4) is 0 Å². The second-order valence-corrected chi connectivity index (χ2v) is 5.02. The molecule has 1 saturated heterocycles. The normalized spacial score (nSPS) is 19.8. The van der Waals surface area contributed by atoms with Crippen LogP contribution in [0, 0.1) is 5.92 Å². The summed E-state index contributed by atoms with van der Waals surface area (Å²) in [5.74, 6) is 0.594. The van der Waals surface area contributed by atoms with Gasteiger partial charge in [0.05, 0.1) is 6.33 Å². The highest BCUT2D eigenvalue weighted by Crippen LogP contribution is 2.23.